The van der Waals surface area contributed by atoms with E-state index in [1.165, 1.54) is 0 Å². The first-order valence-electron chi connectivity index (χ1n) is 8.43. The van der Waals surface area contributed by atoms with Crippen LogP contribution in [0.15, 0.2) is 0 Å². The quantitative estimate of drug-likeness (QED) is 0.884. The second kappa shape index (κ2) is 6.20. The van der Waals surface area contributed by atoms with E-state index in [-0.39, 0.29) is 11.8 Å². The van der Waals surface area contributed by atoms with Crippen molar-refractivity contribution in [3.63, 3.8) is 0 Å². The van der Waals surface area contributed by atoms with E-state index in [0.717, 1.165) is 17.0 Å². The number of nitrogens with zero attached hydrogens (tertiary/aromatic N) is 3. The number of aryl methyl sites for hydroxylation is 2. The predicted octanol–water partition coefficient (Wildman–Crippen LogP) is 0.919. The number of carbonyl (C=O) groups excluding carboxylic acids is 1. The second-order valence-corrected chi connectivity index (χ2v) is 7.03. The minimum absolute atomic E-state index is 0.0210. The van der Waals surface area contributed by atoms with Crippen LogP contribution in [-0.2, 0) is 27.8 Å². The van der Waals surface area contributed by atoms with Crippen LogP contribution in [0.1, 0.15) is 29.8 Å². The number of hydrogen-bond donors (Lipinski definition) is 1. The van der Waals surface area contributed by atoms with Crippen LogP contribution in [0.2, 0.25) is 0 Å². The van der Waals surface area contributed by atoms with Crippen molar-refractivity contribution in [3.05, 3.63) is 17.0 Å². The number of carboxylic acid groups (broad SMARTS) is 1. The smallest absolute Gasteiger partial charge is 0.311 e. The van der Waals surface area contributed by atoms with Gasteiger partial charge in [-0.05, 0) is 32.3 Å². The Morgan fingerprint density at radius 1 is 1.42 bits per heavy atom. The highest BCUT2D eigenvalue weighted by atomic mass is 16.5. The van der Waals surface area contributed by atoms with E-state index in [1.807, 2.05) is 25.6 Å². The van der Waals surface area contributed by atoms with E-state index in [4.69, 9.17) is 4.74 Å². The number of fused-ring (bicyclic) bond motifs is 1. The summed E-state index contributed by atoms with van der Waals surface area (Å²) >= 11 is 0. The largest absolute Gasteiger partial charge is 0.481 e. The van der Waals surface area contributed by atoms with E-state index in [1.54, 1.807) is 4.90 Å². The van der Waals surface area contributed by atoms with E-state index >= 15 is 0 Å². The molecule has 0 spiro atoms. The summed E-state index contributed by atoms with van der Waals surface area (Å²) < 4.78 is 7.27. The Morgan fingerprint density at radius 3 is 2.75 bits per heavy atom. The molecule has 3 heterocycles. The maximum absolute atomic E-state index is 12.6. The van der Waals surface area contributed by atoms with Crippen molar-refractivity contribution in [3.8, 4) is 0 Å². The summed E-state index contributed by atoms with van der Waals surface area (Å²) in [6.45, 7) is 5.63. The number of aliphatic carboxylic acids is 1. The monoisotopic (exact) mass is 335 g/mol. The molecule has 0 bridgehead atoms. The molecular formula is C17H25N3O4. The highest BCUT2D eigenvalue weighted by Gasteiger charge is 2.54. The van der Waals surface area contributed by atoms with E-state index < -0.39 is 11.4 Å². The standard InChI is InChI=1S/C17H25N3O4/c1-11-14(12(2)19(3)18-11)4-5-15(21)20-8-13-9-24-7-6-17(13,10-20)16(22)23/h13H,4-10H2,1-3H3,(H,22,23)/t13-,17+/m0/s1. The predicted molar refractivity (Wildman–Crippen MR) is 86.6 cm³/mol. The lowest BCUT2D eigenvalue weighted by atomic mass is 9.74. The van der Waals surface area contributed by atoms with Crippen molar-refractivity contribution >= 4 is 11.9 Å². The molecule has 132 valence electrons. The highest BCUT2D eigenvalue weighted by Crippen LogP contribution is 2.42. The number of ether oxygens (including phenoxy) is 1. The fourth-order valence-corrected chi connectivity index (χ4v) is 4.06. The summed E-state index contributed by atoms with van der Waals surface area (Å²) in [5, 5.41) is 14.1. The fourth-order valence-electron chi connectivity index (χ4n) is 4.06. The molecule has 3 rings (SSSR count). The molecule has 0 saturated carbocycles. The van der Waals surface area contributed by atoms with Crippen molar-refractivity contribution in [2.45, 2.75) is 33.1 Å². The van der Waals surface area contributed by atoms with Gasteiger partial charge >= 0.3 is 5.97 Å². The van der Waals surface area contributed by atoms with Gasteiger partial charge in [-0.3, -0.25) is 14.3 Å². The molecule has 2 aliphatic rings. The molecule has 1 aromatic rings. The number of likely N-dealkylation sites (tertiary alicyclic amines) is 1. The summed E-state index contributed by atoms with van der Waals surface area (Å²) in [5.74, 6) is -0.882. The Morgan fingerprint density at radius 2 is 2.17 bits per heavy atom. The topological polar surface area (TPSA) is 84.7 Å². The van der Waals surface area contributed by atoms with Crippen molar-refractivity contribution in [1.82, 2.24) is 14.7 Å². The zero-order valence-electron chi connectivity index (χ0n) is 14.5. The minimum atomic E-state index is -0.825. The van der Waals surface area contributed by atoms with Crippen molar-refractivity contribution in [2.75, 3.05) is 26.3 Å². The van der Waals surface area contributed by atoms with E-state index in [2.05, 4.69) is 5.10 Å². The average Bonchev–Trinajstić information content (AvgIpc) is 3.05. The lowest BCUT2D eigenvalue weighted by Gasteiger charge is -2.33. The van der Waals surface area contributed by atoms with Crippen molar-refractivity contribution < 1.29 is 19.4 Å². The molecule has 7 heteroatoms. The second-order valence-electron chi connectivity index (χ2n) is 7.03. The van der Waals surface area contributed by atoms with Gasteiger partial charge in [-0.25, -0.2) is 0 Å². The third kappa shape index (κ3) is 2.70. The molecule has 2 saturated heterocycles. The molecular weight excluding hydrogens is 310 g/mol. The fraction of sp³-hybridized carbons (Fsp3) is 0.706. The van der Waals surface area contributed by atoms with Crippen LogP contribution in [0.25, 0.3) is 0 Å². The number of amides is 1. The van der Waals surface area contributed by atoms with Gasteiger partial charge in [0.1, 0.15) is 0 Å². The van der Waals surface area contributed by atoms with E-state index in [9.17, 15) is 14.7 Å². The lowest BCUT2D eigenvalue weighted by Crippen LogP contribution is -2.45. The molecule has 0 aromatic carbocycles. The molecule has 2 fully saturated rings. The summed E-state index contributed by atoms with van der Waals surface area (Å²) in [7, 11) is 1.90. The number of hydrogen-bond acceptors (Lipinski definition) is 4. The van der Waals surface area contributed by atoms with Gasteiger partial charge in [0.25, 0.3) is 0 Å². The third-order valence-electron chi connectivity index (χ3n) is 5.73. The Labute approximate surface area is 141 Å². The van der Waals surface area contributed by atoms with Crippen LogP contribution < -0.4 is 0 Å². The number of aromatic nitrogens is 2. The molecule has 1 N–H and O–H groups in total. The van der Waals surface area contributed by atoms with Gasteiger partial charge in [0.15, 0.2) is 0 Å². The van der Waals surface area contributed by atoms with Crippen molar-refractivity contribution in [2.24, 2.45) is 18.4 Å². The SMILES string of the molecule is Cc1nn(C)c(C)c1CCC(=O)N1C[C@H]2COCC[C@@]2(C(=O)O)C1. The molecule has 7 nitrogen and oxygen atoms in total. The van der Waals surface area contributed by atoms with Crippen LogP contribution in [0.4, 0.5) is 0 Å². The van der Waals surface area contributed by atoms with Gasteiger partial charge in [-0.15, -0.1) is 0 Å². The Bertz CT molecular complexity index is 669. The third-order valence-corrected chi connectivity index (χ3v) is 5.73. The van der Waals surface area contributed by atoms with Crippen molar-refractivity contribution in [1.29, 1.82) is 0 Å². The summed E-state index contributed by atoms with van der Waals surface area (Å²) in [5.41, 5.74) is 2.31. The molecule has 0 aliphatic carbocycles. The Kier molecular flexibility index (Phi) is 4.38. The normalized spacial score (nSPS) is 26.5. The van der Waals surface area contributed by atoms with Gasteiger partial charge in [0, 0.05) is 44.8 Å². The maximum atomic E-state index is 12.6. The molecule has 2 aliphatic heterocycles. The summed E-state index contributed by atoms with van der Waals surface area (Å²) in [4.78, 5) is 26.1. The first kappa shape index (κ1) is 17.0. The average molecular weight is 335 g/mol. The first-order chi connectivity index (χ1) is 11.3. The number of carboxylic acids is 1. The van der Waals surface area contributed by atoms with Crippen LogP contribution in [0, 0.1) is 25.2 Å². The zero-order chi connectivity index (χ0) is 17.5. The Balaban J connectivity index is 1.67. The summed E-state index contributed by atoms with van der Waals surface area (Å²) in [6, 6.07) is 0. The van der Waals surface area contributed by atoms with Gasteiger partial charge in [-0.1, -0.05) is 0 Å². The minimum Gasteiger partial charge on any atom is -0.481 e. The maximum Gasteiger partial charge on any atom is 0.311 e. The lowest BCUT2D eigenvalue weighted by molar-refractivity contribution is -0.157. The van der Waals surface area contributed by atoms with Crippen LogP contribution in [0.3, 0.4) is 0 Å². The summed E-state index contributed by atoms with van der Waals surface area (Å²) in [6.07, 6.45) is 1.51. The number of carbonyl (C=O) groups is 2. The first-order valence-corrected chi connectivity index (χ1v) is 8.43. The molecule has 1 amide bonds. The van der Waals surface area contributed by atoms with Gasteiger partial charge in [0.2, 0.25) is 5.91 Å². The Hall–Kier alpha value is -1.89. The van der Waals surface area contributed by atoms with E-state index in [0.29, 0.717) is 45.6 Å². The number of rotatable bonds is 4. The molecule has 0 radical (unpaired) electrons. The van der Waals surface area contributed by atoms with Crippen LogP contribution in [0.5, 0.6) is 0 Å². The van der Waals surface area contributed by atoms with Gasteiger partial charge < -0.3 is 14.7 Å². The highest BCUT2D eigenvalue weighted by molar-refractivity contribution is 5.81. The zero-order valence-corrected chi connectivity index (χ0v) is 14.5. The molecule has 24 heavy (non-hydrogen) atoms. The van der Waals surface area contributed by atoms with Crippen LogP contribution >= 0.6 is 0 Å². The molecule has 1 aromatic heterocycles. The molecule has 2 atom stereocenters. The van der Waals surface area contributed by atoms with Crippen LogP contribution in [-0.4, -0.2) is 58.0 Å². The van der Waals surface area contributed by atoms with Gasteiger partial charge in [0.05, 0.1) is 17.7 Å². The molecule has 0 unspecified atom stereocenters. The van der Waals surface area contributed by atoms with Gasteiger partial charge in [-0.2, -0.15) is 5.10 Å².